The van der Waals surface area contributed by atoms with Gasteiger partial charge in [0.05, 0.1) is 6.42 Å². The predicted octanol–water partition coefficient (Wildman–Crippen LogP) is 3.22. The van der Waals surface area contributed by atoms with Gasteiger partial charge in [-0.05, 0) is 50.2 Å². The van der Waals surface area contributed by atoms with E-state index in [0.29, 0.717) is 6.54 Å². The molecule has 1 rings (SSSR count). The van der Waals surface area contributed by atoms with Crippen molar-refractivity contribution in [3.8, 4) is 0 Å². The van der Waals surface area contributed by atoms with Crippen molar-refractivity contribution >= 4 is 11.7 Å². The molecule has 1 aromatic carbocycles. The fourth-order valence-corrected chi connectivity index (χ4v) is 2.35. The quantitative estimate of drug-likeness (QED) is 0.801. The van der Waals surface area contributed by atoms with E-state index in [2.05, 4.69) is 68.9 Å². The van der Waals surface area contributed by atoms with E-state index in [1.165, 1.54) is 5.56 Å². The molecule has 0 radical (unpaired) electrons. The number of carboxylic acid groups (broad SMARTS) is 1. The highest BCUT2D eigenvalue weighted by atomic mass is 16.4. The van der Waals surface area contributed by atoms with Crippen LogP contribution in [0.3, 0.4) is 0 Å². The van der Waals surface area contributed by atoms with Crippen molar-refractivity contribution in [1.29, 1.82) is 0 Å². The van der Waals surface area contributed by atoms with E-state index in [0.717, 1.165) is 25.2 Å². The number of carbonyl (C=O) groups is 1. The van der Waals surface area contributed by atoms with Crippen LogP contribution in [-0.2, 0) is 10.2 Å². The predicted molar refractivity (Wildman–Crippen MR) is 92.8 cm³/mol. The van der Waals surface area contributed by atoms with Crippen LogP contribution >= 0.6 is 0 Å². The number of benzene rings is 1. The molecule has 0 unspecified atom stereocenters. The third-order valence-electron chi connectivity index (χ3n) is 3.73. The van der Waals surface area contributed by atoms with Gasteiger partial charge in [-0.2, -0.15) is 0 Å². The standard InChI is InChI=1S/C18H30N2O2/c1-18(2,3)15-7-9-16(10-8-15)20(14-11-17(21)22)13-6-12-19(4)5/h7-10H,6,11-14H2,1-5H3,(H,21,22). The van der Waals surface area contributed by atoms with E-state index < -0.39 is 5.97 Å². The average molecular weight is 306 g/mol. The molecular weight excluding hydrogens is 276 g/mol. The molecule has 0 aromatic heterocycles. The fourth-order valence-electron chi connectivity index (χ4n) is 2.35. The Hall–Kier alpha value is -1.55. The Morgan fingerprint density at radius 2 is 1.64 bits per heavy atom. The second-order valence-corrected chi connectivity index (χ2v) is 7.08. The maximum atomic E-state index is 10.9. The zero-order valence-electron chi connectivity index (χ0n) is 14.6. The van der Waals surface area contributed by atoms with Gasteiger partial charge in [0, 0.05) is 18.8 Å². The third-order valence-corrected chi connectivity index (χ3v) is 3.73. The lowest BCUT2D eigenvalue weighted by Crippen LogP contribution is -2.29. The van der Waals surface area contributed by atoms with Gasteiger partial charge in [0.1, 0.15) is 0 Å². The van der Waals surface area contributed by atoms with Crippen molar-refractivity contribution in [2.24, 2.45) is 0 Å². The van der Waals surface area contributed by atoms with Crippen LogP contribution in [0.25, 0.3) is 0 Å². The van der Waals surface area contributed by atoms with E-state index >= 15 is 0 Å². The van der Waals surface area contributed by atoms with Gasteiger partial charge < -0.3 is 14.9 Å². The lowest BCUT2D eigenvalue weighted by Gasteiger charge is -2.26. The lowest BCUT2D eigenvalue weighted by molar-refractivity contribution is -0.136. The second kappa shape index (κ2) is 8.18. The van der Waals surface area contributed by atoms with Gasteiger partial charge in [-0.1, -0.05) is 32.9 Å². The first kappa shape index (κ1) is 18.5. The van der Waals surface area contributed by atoms with Crippen molar-refractivity contribution in [3.63, 3.8) is 0 Å². The highest BCUT2D eigenvalue weighted by Crippen LogP contribution is 2.25. The van der Waals surface area contributed by atoms with E-state index in [1.807, 2.05) is 0 Å². The molecular formula is C18H30N2O2. The number of aliphatic carboxylic acids is 1. The Kier molecular flexibility index (Phi) is 6.88. The topological polar surface area (TPSA) is 43.8 Å². The van der Waals surface area contributed by atoms with Gasteiger partial charge in [-0.25, -0.2) is 0 Å². The highest BCUT2D eigenvalue weighted by molar-refractivity contribution is 5.67. The van der Waals surface area contributed by atoms with Gasteiger partial charge in [0.2, 0.25) is 0 Å². The molecule has 4 nitrogen and oxygen atoms in total. The van der Waals surface area contributed by atoms with Crippen LogP contribution in [0.1, 0.15) is 39.2 Å². The maximum absolute atomic E-state index is 10.9. The Balaban J connectivity index is 2.78. The SMILES string of the molecule is CN(C)CCCN(CCC(=O)O)c1ccc(C(C)(C)C)cc1. The van der Waals surface area contributed by atoms with Gasteiger partial charge in [-0.15, -0.1) is 0 Å². The van der Waals surface area contributed by atoms with E-state index in [1.54, 1.807) is 0 Å². The number of anilines is 1. The minimum absolute atomic E-state index is 0.134. The number of carboxylic acids is 1. The molecule has 1 N–H and O–H groups in total. The summed E-state index contributed by atoms with van der Waals surface area (Å²) in [7, 11) is 4.11. The van der Waals surface area contributed by atoms with Gasteiger partial charge in [0.15, 0.2) is 0 Å². The largest absolute Gasteiger partial charge is 0.481 e. The molecule has 0 atom stereocenters. The number of rotatable bonds is 8. The summed E-state index contributed by atoms with van der Waals surface area (Å²) in [5.41, 5.74) is 2.53. The summed E-state index contributed by atoms with van der Waals surface area (Å²) in [5, 5.41) is 8.94. The van der Waals surface area contributed by atoms with Crippen molar-refractivity contribution in [2.75, 3.05) is 38.6 Å². The van der Waals surface area contributed by atoms with E-state index in [-0.39, 0.29) is 11.8 Å². The van der Waals surface area contributed by atoms with Gasteiger partial charge in [-0.3, -0.25) is 4.79 Å². The lowest BCUT2D eigenvalue weighted by atomic mass is 9.87. The summed E-state index contributed by atoms with van der Waals surface area (Å²) in [4.78, 5) is 15.2. The Labute approximate surface area is 134 Å². The second-order valence-electron chi connectivity index (χ2n) is 7.08. The van der Waals surface area contributed by atoms with Crippen LogP contribution in [0.2, 0.25) is 0 Å². The summed E-state index contributed by atoms with van der Waals surface area (Å²) >= 11 is 0. The van der Waals surface area contributed by atoms with Crippen LogP contribution < -0.4 is 4.90 Å². The molecule has 0 fully saturated rings. The Morgan fingerprint density at radius 3 is 2.09 bits per heavy atom. The zero-order valence-corrected chi connectivity index (χ0v) is 14.6. The van der Waals surface area contributed by atoms with Crippen molar-refractivity contribution < 1.29 is 9.90 Å². The molecule has 22 heavy (non-hydrogen) atoms. The number of nitrogens with zero attached hydrogens (tertiary/aromatic N) is 2. The molecule has 0 saturated heterocycles. The molecule has 0 amide bonds. The normalized spacial score (nSPS) is 11.7. The van der Waals surface area contributed by atoms with Crippen LogP contribution in [0, 0.1) is 0 Å². The number of hydrogen-bond acceptors (Lipinski definition) is 3. The monoisotopic (exact) mass is 306 g/mol. The minimum Gasteiger partial charge on any atom is -0.481 e. The maximum Gasteiger partial charge on any atom is 0.305 e. The van der Waals surface area contributed by atoms with Crippen molar-refractivity contribution in [1.82, 2.24) is 4.90 Å². The molecule has 0 spiro atoms. The van der Waals surface area contributed by atoms with Crippen molar-refractivity contribution in [2.45, 2.75) is 39.0 Å². The van der Waals surface area contributed by atoms with Crippen LogP contribution in [0.5, 0.6) is 0 Å². The molecule has 124 valence electrons. The van der Waals surface area contributed by atoms with Crippen LogP contribution in [0.15, 0.2) is 24.3 Å². The Morgan fingerprint density at radius 1 is 1.05 bits per heavy atom. The smallest absolute Gasteiger partial charge is 0.305 e. The van der Waals surface area contributed by atoms with Gasteiger partial charge >= 0.3 is 5.97 Å². The van der Waals surface area contributed by atoms with Crippen LogP contribution in [0.4, 0.5) is 5.69 Å². The van der Waals surface area contributed by atoms with E-state index in [9.17, 15) is 4.79 Å². The molecule has 0 aliphatic heterocycles. The summed E-state index contributed by atoms with van der Waals surface area (Å²) in [5.74, 6) is -0.746. The first-order valence-corrected chi connectivity index (χ1v) is 7.92. The fraction of sp³-hybridized carbons (Fsp3) is 0.611. The zero-order chi connectivity index (χ0) is 16.8. The summed E-state index contributed by atoms with van der Waals surface area (Å²) in [6, 6.07) is 8.51. The third kappa shape index (κ3) is 6.48. The first-order chi connectivity index (χ1) is 10.2. The van der Waals surface area contributed by atoms with Crippen molar-refractivity contribution in [3.05, 3.63) is 29.8 Å². The average Bonchev–Trinajstić information content (AvgIpc) is 2.41. The molecule has 0 saturated carbocycles. The van der Waals surface area contributed by atoms with E-state index in [4.69, 9.17) is 5.11 Å². The van der Waals surface area contributed by atoms with Gasteiger partial charge in [0.25, 0.3) is 0 Å². The summed E-state index contributed by atoms with van der Waals surface area (Å²) in [6.45, 7) is 9.02. The first-order valence-electron chi connectivity index (χ1n) is 7.92. The number of hydrogen-bond donors (Lipinski definition) is 1. The molecule has 0 aliphatic rings. The minimum atomic E-state index is -0.746. The Bertz CT molecular complexity index is 461. The molecule has 1 aromatic rings. The highest BCUT2D eigenvalue weighted by Gasteiger charge is 2.14. The summed E-state index contributed by atoms with van der Waals surface area (Å²) < 4.78 is 0. The molecule has 4 heteroatoms. The molecule has 0 aliphatic carbocycles. The molecule has 0 bridgehead atoms. The summed E-state index contributed by atoms with van der Waals surface area (Å²) in [6.07, 6.45) is 1.19. The molecule has 0 heterocycles. The van der Waals surface area contributed by atoms with Crippen LogP contribution in [-0.4, -0.2) is 49.7 Å².